The Morgan fingerprint density at radius 2 is 1.69 bits per heavy atom. The highest BCUT2D eigenvalue weighted by Gasteiger charge is 2.33. The highest BCUT2D eigenvalue weighted by Crippen LogP contribution is 2.33. The Balaban J connectivity index is 1.29. The first kappa shape index (κ1) is 24.9. The highest BCUT2D eigenvalue weighted by molar-refractivity contribution is 7.85. The van der Waals surface area contributed by atoms with Gasteiger partial charge >= 0.3 is 6.18 Å². The van der Waals surface area contributed by atoms with Gasteiger partial charge in [-0.1, -0.05) is 12.1 Å². The lowest BCUT2D eigenvalue weighted by Crippen LogP contribution is -2.29. The lowest BCUT2D eigenvalue weighted by Gasteiger charge is -2.13. The fraction of sp³-hybridized carbons (Fsp3) is 0.269. The van der Waals surface area contributed by atoms with Crippen molar-refractivity contribution in [2.24, 2.45) is 5.92 Å². The zero-order chi connectivity index (χ0) is 25.0. The van der Waals surface area contributed by atoms with E-state index in [4.69, 9.17) is 4.74 Å². The van der Waals surface area contributed by atoms with Crippen molar-refractivity contribution in [1.29, 1.82) is 0 Å². The van der Waals surface area contributed by atoms with E-state index in [0.29, 0.717) is 29.9 Å². The van der Waals surface area contributed by atoms with Crippen molar-refractivity contribution in [3.8, 4) is 11.5 Å². The van der Waals surface area contributed by atoms with Crippen LogP contribution >= 0.6 is 0 Å². The van der Waals surface area contributed by atoms with Crippen molar-refractivity contribution < 1.29 is 31.3 Å². The van der Waals surface area contributed by atoms with Crippen LogP contribution in [0, 0.1) is 11.7 Å². The number of rotatable bonds is 7. The fourth-order valence-electron chi connectivity index (χ4n) is 4.03. The third-order valence-electron chi connectivity index (χ3n) is 5.89. The third-order valence-corrected chi connectivity index (χ3v) is 7.66. The van der Waals surface area contributed by atoms with Crippen LogP contribution in [0.2, 0.25) is 0 Å². The summed E-state index contributed by atoms with van der Waals surface area (Å²) in [5.74, 6) is -0.0608. The van der Waals surface area contributed by atoms with Gasteiger partial charge in [-0.05, 0) is 85.5 Å². The molecule has 1 aliphatic rings. The number of nitrogens with one attached hydrogen (secondary N) is 1. The average molecular weight is 506 g/mol. The second-order valence-electron chi connectivity index (χ2n) is 8.37. The number of carbonyl (C=O) groups is 1. The van der Waals surface area contributed by atoms with Crippen LogP contribution in [0.4, 0.5) is 17.6 Å². The Morgan fingerprint density at radius 1 is 0.971 bits per heavy atom. The van der Waals surface area contributed by atoms with E-state index >= 15 is 0 Å². The van der Waals surface area contributed by atoms with Gasteiger partial charge in [0.2, 0.25) is 5.91 Å². The summed E-state index contributed by atoms with van der Waals surface area (Å²) in [5, 5.41) is 2.74. The molecule has 3 atom stereocenters. The van der Waals surface area contributed by atoms with Gasteiger partial charge in [-0.15, -0.1) is 0 Å². The molecular weight excluding hydrogens is 482 g/mol. The molecule has 35 heavy (non-hydrogen) atoms. The number of hydrogen-bond donors (Lipinski definition) is 1. The molecule has 3 aromatic rings. The number of halogens is 4. The first-order chi connectivity index (χ1) is 16.7. The molecule has 184 valence electrons. The molecule has 0 spiro atoms. The quantitative estimate of drug-likeness (QED) is 0.388. The van der Waals surface area contributed by atoms with E-state index < -0.39 is 22.5 Å². The Bertz CT molecular complexity index is 1200. The number of benzene rings is 3. The van der Waals surface area contributed by atoms with Gasteiger partial charge < -0.3 is 10.1 Å². The van der Waals surface area contributed by atoms with E-state index in [1.54, 1.807) is 24.3 Å². The Labute approximate surface area is 202 Å². The van der Waals surface area contributed by atoms with Gasteiger partial charge in [0.05, 0.1) is 16.4 Å². The van der Waals surface area contributed by atoms with E-state index in [-0.39, 0.29) is 35.2 Å². The second-order valence-corrected chi connectivity index (χ2v) is 10.1. The highest BCUT2D eigenvalue weighted by atomic mass is 32.2. The van der Waals surface area contributed by atoms with E-state index in [9.17, 15) is 26.6 Å². The molecular formula is C26H23F4NO3S. The van der Waals surface area contributed by atoms with Crippen LogP contribution in [-0.2, 0) is 28.3 Å². The van der Waals surface area contributed by atoms with E-state index in [1.807, 2.05) is 0 Å². The van der Waals surface area contributed by atoms with Crippen LogP contribution in [0.5, 0.6) is 11.5 Å². The molecule has 0 saturated heterocycles. The second kappa shape index (κ2) is 10.6. The molecule has 0 aliphatic heterocycles. The Hall–Kier alpha value is -3.20. The summed E-state index contributed by atoms with van der Waals surface area (Å²) in [6.45, 7) is 0.255. The molecule has 3 unspecified atom stereocenters. The van der Waals surface area contributed by atoms with E-state index in [0.717, 1.165) is 17.7 Å². The molecule has 1 amide bonds. The molecule has 0 bridgehead atoms. The summed E-state index contributed by atoms with van der Waals surface area (Å²) in [6.07, 6.45) is -2.64. The standard InChI is InChI=1S/C26H23F4NO3S/c27-20-7-12-23(13-8-20)35(33)24-11-4-18(15-24)25(32)31-16-17-2-1-3-22(14-17)34-21-9-5-19(6-10-21)26(28,29)30/h1-3,5-10,12-14,18,24H,4,11,15-16H2,(H,31,32). The fourth-order valence-corrected chi connectivity index (χ4v) is 5.58. The van der Waals surface area contributed by atoms with Crippen molar-refractivity contribution >= 4 is 16.7 Å². The molecule has 4 rings (SSSR count). The lowest BCUT2D eigenvalue weighted by molar-refractivity contribution is -0.137. The van der Waals surface area contributed by atoms with Gasteiger partial charge in [0, 0.05) is 22.6 Å². The first-order valence-electron chi connectivity index (χ1n) is 11.1. The summed E-state index contributed by atoms with van der Waals surface area (Å²) in [5.41, 5.74) is 0.0177. The topological polar surface area (TPSA) is 55.4 Å². The van der Waals surface area contributed by atoms with Crippen LogP contribution in [0.3, 0.4) is 0 Å². The van der Waals surface area contributed by atoms with Gasteiger partial charge in [0.15, 0.2) is 0 Å². The maximum Gasteiger partial charge on any atom is 0.416 e. The predicted molar refractivity (Wildman–Crippen MR) is 124 cm³/mol. The van der Waals surface area contributed by atoms with Crippen LogP contribution < -0.4 is 10.1 Å². The molecule has 0 heterocycles. The average Bonchev–Trinajstić information content (AvgIpc) is 3.33. The number of amides is 1. The van der Waals surface area contributed by atoms with Crippen LogP contribution in [0.25, 0.3) is 0 Å². The summed E-state index contributed by atoms with van der Waals surface area (Å²) >= 11 is 0. The number of hydrogen-bond acceptors (Lipinski definition) is 3. The normalized spacial score (nSPS) is 18.7. The van der Waals surface area contributed by atoms with Crippen LogP contribution in [0.15, 0.2) is 77.7 Å². The van der Waals surface area contributed by atoms with Crippen molar-refractivity contribution in [2.45, 2.75) is 42.1 Å². The molecule has 0 aromatic heterocycles. The lowest BCUT2D eigenvalue weighted by atomic mass is 10.1. The largest absolute Gasteiger partial charge is 0.457 e. The first-order valence-corrected chi connectivity index (χ1v) is 12.3. The SMILES string of the molecule is O=C(NCc1cccc(Oc2ccc(C(F)(F)F)cc2)c1)C1CCC(S(=O)c2ccc(F)cc2)C1. The molecule has 1 aliphatic carbocycles. The minimum Gasteiger partial charge on any atom is -0.457 e. The van der Waals surface area contributed by atoms with Gasteiger partial charge in [-0.2, -0.15) is 13.2 Å². The zero-order valence-electron chi connectivity index (χ0n) is 18.6. The van der Waals surface area contributed by atoms with E-state index in [1.165, 1.54) is 36.4 Å². The smallest absolute Gasteiger partial charge is 0.416 e. The third kappa shape index (κ3) is 6.48. The summed E-state index contributed by atoms with van der Waals surface area (Å²) in [4.78, 5) is 13.2. The monoisotopic (exact) mass is 505 g/mol. The minimum absolute atomic E-state index is 0.127. The summed E-state index contributed by atoms with van der Waals surface area (Å²) in [6, 6.07) is 16.9. The molecule has 4 nitrogen and oxygen atoms in total. The predicted octanol–water partition coefficient (Wildman–Crippen LogP) is 6.23. The molecule has 1 fully saturated rings. The van der Waals surface area contributed by atoms with Gasteiger partial charge in [-0.3, -0.25) is 9.00 Å². The Kier molecular flexibility index (Phi) is 7.54. The van der Waals surface area contributed by atoms with Gasteiger partial charge in [0.25, 0.3) is 0 Å². The van der Waals surface area contributed by atoms with E-state index in [2.05, 4.69) is 5.32 Å². The van der Waals surface area contributed by atoms with Crippen molar-refractivity contribution in [2.75, 3.05) is 0 Å². The summed E-state index contributed by atoms with van der Waals surface area (Å²) < 4.78 is 69.6. The molecule has 0 radical (unpaired) electrons. The number of ether oxygens (including phenoxy) is 1. The van der Waals surface area contributed by atoms with Crippen molar-refractivity contribution in [1.82, 2.24) is 5.32 Å². The molecule has 9 heteroatoms. The Morgan fingerprint density at radius 3 is 2.37 bits per heavy atom. The molecule has 3 aromatic carbocycles. The molecule has 1 saturated carbocycles. The van der Waals surface area contributed by atoms with Crippen LogP contribution in [-0.4, -0.2) is 15.4 Å². The van der Waals surface area contributed by atoms with Crippen LogP contribution in [0.1, 0.15) is 30.4 Å². The number of carbonyl (C=O) groups excluding carboxylic acids is 1. The zero-order valence-corrected chi connectivity index (χ0v) is 19.4. The van der Waals surface area contributed by atoms with Gasteiger partial charge in [-0.25, -0.2) is 4.39 Å². The maximum atomic E-state index is 13.1. The maximum absolute atomic E-state index is 13.1. The minimum atomic E-state index is -4.41. The van der Waals surface area contributed by atoms with Gasteiger partial charge in [0.1, 0.15) is 17.3 Å². The molecule has 1 N–H and O–H groups in total. The number of alkyl halides is 3. The van der Waals surface area contributed by atoms with Crippen molar-refractivity contribution in [3.05, 3.63) is 89.7 Å². The summed E-state index contributed by atoms with van der Waals surface area (Å²) in [7, 11) is -1.30. The van der Waals surface area contributed by atoms with Crippen molar-refractivity contribution in [3.63, 3.8) is 0 Å².